The van der Waals surface area contributed by atoms with Crippen molar-refractivity contribution in [2.45, 2.75) is 57.5 Å². The van der Waals surface area contributed by atoms with Gasteiger partial charge in [-0.05, 0) is 50.1 Å². The first-order valence-electron chi connectivity index (χ1n) is 11.9. The first kappa shape index (κ1) is 23.9. The lowest BCUT2D eigenvalue weighted by Gasteiger charge is -2.44. The second kappa shape index (κ2) is 10.4. The van der Waals surface area contributed by atoms with Gasteiger partial charge in [-0.2, -0.15) is 4.68 Å². The lowest BCUT2D eigenvalue weighted by atomic mass is 9.86. The highest BCUT2D eigenvalue weighted by Gasteiger charge is 2.52. The average Bonchev–Trinajstić information content (AvgIpc) is 3.28. The Morgan fingerprint density at radius 1 is 0.912 bits per heavy atom. The number of rotatable bonds is 11. The summed E-state index contributed by atoms with van der Waals surface area (Å²) in [5, 5.41) is 20.6. The van der Waals surface area contributed by atoms with E-state index in [1.807, 2.05) is 84.9 Å². The predicted molar refractivity (Wildman–Crippen MR) is 134 cm³/mol. The second-order valence-electron chi connectivity index (χ2n) is 9.08. The lowest BCUT2D eigenvalue weighted by Crippen LogP contribution is -2.57. The molecule has 4 aromatic rings. The summed E-state index contributed by atoms with van der Waals surface area (Å²) in [6.45, 7) is 6.25. The summed E-state index contributed by atoms with van der Waals surface area (Å²) in [7, 11) is 0. The van der Waals surface area contributed by atoms with Crippen molar-refractivity contribution in [3.63, 3.8) is 0 Å². The molecule has 6 nitrogen and oxygen atoms in total. The van der Waals surface area contributed by atoms with E-state index < -0.39 is 11.3 Å². The van der Waals surface area contributed by atoms with Gasteiger partial charge in [0.25, 0.3) is 0 Å². The highest BCUT2D eigenvalue weighted by molar-refractivity contribution is 5.74. The third kappa shape index (κ3) is 4.98. The Hall–Kier alpha value is -3.22. The molecule has 0 aliphatic carbocycles. The molecule has 1 aromatic heterocycles. The van der Waals surface area contributed by atoms with Crippen LogP contribution in [0, 0.1) is 0 Å². The molecule has 34 heavy (non-hydrogen) atoms. The zero-order valence-electron chi connectivity index (χ0n) is 20.1. The lowest BCUT2D eigenvalue weighted by molar-refractivity contribution is -0.193. The molecule has 0 saturated heterocycles. The molecule has 1 N–H and O–H groups in total. The molecule has 0 radical (unpaired) electrons. The summed E-state index contributed by atoms with van der Waals surface area (Å²) in [5.41, 5.74) is -0.123. The van der Waals surface area contributed by atoms with Gasteiger partial charge in [-0.25, -0.2) is 0 Å². The summed E-state index contributed by atoms with van der Waals surface area (Å²) < 4.78 is 14.8. The maximum Gasteiger partial charge on any atom is 0.234 e. The monoisotopic (exact) mass is 459 g/mol. The minimum atomic E-state index is -1.35. The topological polar surface area (TPSA) is 69.4 Å². The van der Waals surface area contributed by atoms with E-state index >= 15 is 0 Å². The number of ether oxygens (including phenoxy) is 2. The first-order valence-corrected chi connectivity index (χ1v) is 11.9. The van der Waals surface area contributed by atoms with Crippen LogP contribution >= 0.6 is 0 Å². The van der Waals surface area contributed by atoms with Gasteiger partial charge in [-0.15, -0.1) is 5.10 Å². The SMILES string of the molecule is CCCCOC(CC(Oc1ccccc1)(n1nnc2ccccc21)C(C)(C)O)c1ccccc1. The molecule has 0 spiro atoms. The molecule has 178 valence electrons. The number of hydrogen-bond acceptors (Lipinski definition) is 5. The van der Waals surface area contributed by atoms with Gasteiger partial charge < -0.3 is 14.6 Å². The molecule has 4 rings (SSSR count). The molecule has 0 saturated carbocycles. The summed E-state index contributed by atoms with van der Waals surface area (Å²) in [6.07, 6.45) is 1.98. The van der Waals surface area contributed by atoms with Crippen LogP contribution in [0.2, 0.25) is 0 Å². The standard InChI is InChI=1S/C28H33N3O3/c1-4-5-20-33-26(22-14-8-6-9-15-22)21-28(27(2,3)32,34-23-16-10-7-11-17-23)31-25-19-13-12-18-24(25)29-30-31/h6-19,26,32H,4-5,20-21H2,1-3H3. The van der Waals surface area contributed by atoms with Crippen LogP contribution in [0.1, 0.15) is 51.7 Å². The van der Waals surface area contributed by atoms with Crippen LogP contribution in [0.15, 0.2) is 84.9 Å². The Bertz CT molecular complexity index is 1170. The summed E-state index contributed by atoms with van der Waals surface area (Å²) >= 11 is 0. The Kier molecular flexibility index (Phi) is 7.29. The van der Waals surface area contributed by atoms with Crippen molar-refractivity contribution < 1.29 is 14.6 Å². The number of unbranched alkanes of at least 4 members (excludes halogenated alkanes) is 1. The van der Waals surface area contributed by atoms with E-state index in [-0.39, 0.29) is 6.10 Å². The third-order valence-corrected chi connectivity index (χ3v) is 6.13. The van der Waals surface area contributed by atoms with E-state index in [4.69, 9.17) is 9.47 Å². The van der Waals surface area contributed by atoms with Gasteiger partial charge in [0.15, 0.2) is 0 Å². The van der Waals surface area contributed by atoms with E-state index in [0.717, 1.165) is 29.4 Å². The molecule has 0 aliphatic rings. The van der Waals surface area contributed by atoms with E-state index in [2.05, 4.69) is 17.2 Å². The van der Waals surface area contributed by atoms with E-state index in [1.165, 1.54) is 0 Å². The number of para-hydroxylation sites is 2. The van der Waals surface area contributed by atoms with Gasteiger partial charge in [-0.1, -0.05) is 79.2 Å². The van der Waals surface area contributed by atoms with Crippen LogP contribution < -0.4 is 4.74 Å². The molecule has 2 unspecified atom stereocenters. The summed E-state index contributed by atoms with van der Waals surface area (Å²) in [6, 6.07) is 27.3. The van der Waals surface area contributed by atoms with Crippen LogP contribution in [0.3, 0.4) is 0 Å². The molecule has 0 aliphatic heterocycles. The van der Waals surface area contributed by atoms with Crippen molar-refractivity contribution in [2.24, 2.45) is 0 Å². The van der Waals surface area contributed by atoms with Gasteiger partial charge >= 0.3 is 0 Å². The Balaban J connectivity index is 1.87. The molecule has 0 amide bonds. The van der Waals surface area contributed by atoms with Crippen molar-refractivity contribution in [3.05, 3.63) is 90.5 Å². The normalized spacial score (nSPS) is 14.6. The van der Waals surface area contributed by atoms with Crippen molar-refractivity contribution in [3.8, 4) is 5.75 Å². The second-order valence-corrected chi connectivity index (χ2v) is 9.08. The highest BCUT2D eigenvalue weighted by atomic mass is 16.5. The van der Waals surface area contributed by atoms with Crippen molar-refractivity contribution in [2.75, 3.05) is 6.61 Å². The number of hydrogen-bond donors (Lipinski definition) is 1. The van der Waals surface area contributed by atoms with E-state index in [1.54, 1.807) is 18.5 Å². The Morgan fingerprint density at radius 2 is 1.56 bits per heavy atom. The van der Waals surface area contributed by atoms with E-state index in [0.29, 0.717) is 18.8 Å². The zero-order valence-corrected chi connectivity index (χ0v) is 20.1. The maximum atomic E-state index is 11.7. The minimum Gasteiger partial charge on any atom is -0.463 e. The van der Waals surface area contributed by atoms with Gasteiger partial charge in [0.05, 0.1) is 11.6 Å². The Labute approximate surface area is 201 Å². The predicted octanol–water partition coefficient (Wildman–Crippen LogP) is 5.88. The molecule has 6 heteroatoms. The fourth-order valence-electron chi connectivity index (χ4n) is 4.19. The smallest absolute Gasteiger partial charge is 0.234 e. The van der Waals surface area contributed by atoms with Crippen LogP contribution in [-0.4, -0.2) is 32.3 Å². The number of fused-ring (bicyclic) bond motifs is 1. The minimum absolute atomic E-state index is 0.326. The zero-order chi connectivity index (χ0) is 24.0. The fourth-order valence-corrected chi connectivity index (χ4v) is 4.19. The van der Waals surface area contributed by atoms with Gasteiger partial charge in [-0.3, -0.25) is 0 Å². The van der Waals surface area contributed by atoms with Gasteiger partial charge in [0.2, 0.25) is 5.72 Å². The number of aromatic nitrogens is 3. The molecule has 3 aromatic carbocycles. The van der Waals surface area contributed by atoms with Gasteiger partial charge in [0.1, 0.15) is 16.9 Å². The quantitative estimate of drug-likeness (QED) is 0.284. The number of nitrogens with zero attached hydrogens (tertiary/aromatic N) is 3. The average molecular weight is 460 g/mol. The molecule has 2 atom stereocenters. The summed E-state index contributed by atoms with van der Waals surface area (Å²) in [4.78, 5) is 0. The first-order chi connectivity index (χ1) is 16.4. The van der Waals surface area contributed by atoms with Crippen LogP contribution in [0.25, 0.3) is 11.0 Å². The number of benzene rings is 3. The molecular weight excluding hydrogens is 426 g/mol. The fraction of sp³-hybridized carbons (Fsp3) is 0.357. The molecule has 1 heterocycles. The molecule has 0 bridgehead atoms. The maximum absolute atomic E-state index is 11.7. The largest absolute Gasteiger partial charge is 0.463 e. The van der Waals surface area contributed by atoms with Crippen molar-refractivity contribution >= 4 is 11.0 Å². The number of aliphatic hydroxyl groups is 1. The third-order valence-electron chi connectivity index (χ3n) is 6.13. The van der Waals surface area contributed by atoms with E-state index in [9.17, 15) is 5.11 Å². The van der Waals surface area contributed by atoms with Crippen molar-refractivity contribution in [1.82, 2.24) is 15.0 Å². The van der Waals surface area contributed by atoms with Gasteiger partial charge in [0, 0.05) is 13.0 Å². The van der Waals surface area contributed by atoms with Crippen LogP contribution in [-0.2, 0) is 10.5 Å². The highest BCUT2D eigenvalue weighted by Crippen LogP contribution is 2.42. The molecule has 0 fully saturated rings. The molecular formula is C28H33N3O3. The summed E-state index contributed by atoms with van der Waals surface area (Å²) in [5.74, 6) is 0.629. The Morgan fingerprint density at radius 3 is 2.24 bits per heavy atom. The van der Waals surface area contributed by atoms with Crippen molar-refractivity contribution in [1.29, 1.82) is 0 Å². The van der Waals surface area contributed by atoms with Crippen LogP contribution in [0.4, 0.5) is 0 Å². The van der Waals surface area contributed by atoms with Crippen LogP contribution in [0.5, 0.6) is 5.75 Å².